The molecule has 0 bridgehead atoms. The van der Waals surface area contributed by atoms with Gasteiger partial charge in [0.25, 0.3) is 0 Å². The molecule has 0 aliphatic heterocycles. The first kappa shape index (κ1) is 23.8. The number of rotatable bonds is 7. The van der Waals surface area contributed by atoms with Crippen molar-refractivity contribution in [2.75, 3.05) is 39.3 Å². The Morgan fingerprint density at radius 3 is 2.38 bits per heavy atom. The zero-order chi connectivity index (χ0) is 24.2. The number of carbonyl (C=O) groups is 1. The van der Waals surface area contributed by atoms with Crippen LogP contribution in [-0.2, 0) is 0 Å². The van der Waals surface area contributed by atoms with E-state index in [2.05, 4.69) is 16.0 Å². The molecule has 34 heavy (non-hydrogen) atoms. The van der Waals surface area contributed by atoms with Crippen molar-refractivity contribution >= 4 is 22.9 Å². The van der Waals surface area contributed by atoms with E-state index in [9.17, 15) is 4.79 Å². The van der Waals surface area contributed by atoms with E-state index in [1.165, 1.54) is 24.2 Å². The van der Waals surface area contributed by atoms with E-state index < -0.39 is 0 Å². The Kier molecular flexibility index (Phi) is 7.19. The number of amides is 2. The SMILES string of the molecule is CCN(CC)C(=O)N(C)c1nc(-c2cnn(C3CCCCC3)c2)c2cc(OC)c(OC)cc2n1. The molecule has 0 unspecified atom stereocenters. The van der Waals surface area contributed by atoms with Crippen LogP contribution in [0.4, 0.5) is 10.7 Å². The van der Waals surface area contributed by atoms with Gasteiger partial charge in [0.05, 0.1) is 37.7 Å². The highest BCUT2D eigenvalue weighted by molar-refractivity contribution is 5.97. The minimum absolute atomic E-state index is 0.145. The molecular formula is C25H34N6O3. The molecule has 0 saturated heterocycles. The summed E-state index contributed by atoms with van der Waals surface area (Å²) in [5.41, 5.74) is 2.26. The molecule has 4 rings (SSSR count). The van der Waals surface area contributed by atoms with Gasteiger partial charge in [-0.3, -0.25) is 9.58 Å². The molecule has 1 aromatic carbocycles. The predicted octanol–water partition coefficient (Wildman–Crippen LogP) is 4.91. The van der Waals surface area contributed by atoms with Gasteiger partial charge in [-0.15, -0.1) is 0 Å². The van der Waals surface area contributed by atoms with E-state index in [1.807, 2.05) is 32.2 Å². The third-order valence-corrected chi connectivity index (χ3v) is 6.63. The maximum Gasteiger partial charge on any atom is 0.326 e. The molecule has 0 radical (unpaired) electrons. The number of hydrogen-bond donors (Lipinski definition) is 0. The van der Waals surface area contributed by atoms with Crippen LogP contribution in [0, 0.1) is 0 Å². The van der Waals surface area contributed by atoms with Gasteiger partial charge in [-0.1, -0.05) is 19.3 Å². The van der Waals surface area contributed by atoms with Gasteiger partial charge in [-0.05, 0) is 32.8 Å². The summed E-state index contributed by atoms with van der Waals surface area (Å²) in [5, 5.41) is 5.49. The van der Waals surface area contributed by atoms with E-state index in [0.717, 1.165) is 23.8 Å². The summed E-state index contributed by atoms with van der Waals surface area (Å²) < 4.78 is 13.1. The van der Waals surface area contributed by atoms with Crippen LogP contribution in [0.3, 0.4) is 0 Å². The van der Waals surface area contributed by atoms with Crippen molar-refractivity contribution in [3.05, 3.63) is 24.5 Å². The highest BCUT2D eigenvalue weighted by atomic mass is 16.5. The third-order valence-electron chi connectivity index (χ3n) is 6.63. The van der Waals surface area contributed by atoms with Crippen LogP contribution in [0.25, 0.3) is 22.2 Å². The first-order chi connectivity index (χ1) is 16.5. The molecule has 1 aliphatic carbocycles. The van der Waals surface area contributed by atoms with Crippen LogP contribution in [0.1, 0.15) is 52.0 Å². The number of urea groups is 1. The van der Waals surface area contributed by atoms with Crippen molar-refractivity contribution in [2.24, 2.45) is 0 Å². The van der Waals surface area contributed by atoms with Crippen LogP contribution in [0.2, 0.25) is 0 Å². The Hall–Kier alpha value is -3.36. The predicted molar refractivity (Wildman–Crippen MR) is 133 cm³/mol. The zero-order valence-corrected chi connectivity index (χ0v) is 20.7. The quantitative estimate of drug-likeness (QED) is 0.492. The summed E-state index contributed by atoms with van der Waals surface area (Å²) in [6.45, 7) is 5.13. The van der Waals surface area contributed by atoms with Gasteiger partial charge in [0, 0.05) is 43.4 Å². The lowest BCUT2D eigenvalue weighted by Crippen LogP contribution is -2.41. The molecule has 2 amide bonds. The number of nitrogens with zero attached hydrogens (tertiary/aromatic N) is 6. The Balaban J connectivity index is 1.84. The largest absolute Gasteiger partial charge is 0.493 e. The summed E-state index contributed by atoms with van der Waals surface area (Å²) in [6, 6.07) is 3.98. The Labute approximate surface area is 200 Å². The molecule has 1 aliphatic rings. The minimum Gasteiger partial charge on any atom is -0.493 e. The molecule has 2 heterocycles. The Bertz CT molecular complexity index is 1150. The number of anilines is 1. The van der Waals surface area contributed by atoms with Crippen molar-refractivity contribution < 1.29 is 14.3 Å². The maximum atomic E-state index is 13.0. The van der Waals surface area contributed by atoms with Crippen molar-refractivity contribution in [3.8, 4) is 22.8 Å². The molecule has 9 nitrogen and oxygen atoms in total. The Morgan fingerprint density at radius 2 is 1.74 bits per heavy atom. The standard InChI is InChI=1S/C25H34N6O3/c1-6-30(7-2)25(32)29(3)24-27-20-14-22(34-5)21(33-4)13-19(20)23(28-24)17-15-26-31(16-17)18-11-9-8-10-12-18/h13-16,18H,6-12H2,1-5H3. The van der Waals surface area contributed by atoms with Crippen LogP contribution in [-0.4, -0.2) is 65.0 Å². The number of aromatic nitrogens is 4. The lowest BCUT2D eigenvalue weighted by molar-refractivity contribution is 0.211. The highest BCUT2D eigenvalue weighted by Gasteiger charge is 2.23. The third kappa shape index (κ3) is 4.51. The molecule has 2 aromatic heterocycles. The summed E-state index contributed by atoms with van der Waals surface area (Å²) in [7, 11) is 4.91. The highest BCUT2D eigenvalue weighted by Crippen LogP contribution is 2.37. The average molecular weight is 467 g/mol. The molecule has 0 atom stereocenters. The fourth-order valence-electron chi connectivity index (χ4n) is 4.61. The summed E-state index contributed by atoms with van der Waals surface area (Å²) in [6.07, 6.45) is 9.95. The van der Waals surface area contributed by atoms with Crippen molar-refractivity contribution in [2.45, 2.75) is 52.0 Å². The first-order valence-electron chi connectivity index (χ1n) is 12.0. The lowest BCUT2D eigenvalue weighted by atomic mass is 9.96. The van der Waals surface area contributed by atoms with Gasteiger partial charge in [0.2, 0.25) is 5.95 Å². The van der Waals surface area contributed by atoms with E-state index in [0.29, 0.717) is 47.8 Å². The lowest BCUT2D eigenvalue weighted by Gasteiger charge is -2.25. The molecule has 182 valence electrons. The van der Waals surface area contributed by atoms with E-state index >= 15 is 0 Å². The van der Waals surface area contributed by atoms with Crippen molar-refractivity contribution in [1.29, 1.82) is 0 Å². The second-order valence-corrected chi connectivity index (χ2v) is 8.61. The van der Waals surface area contributed by atoms with E-state index in [-0.39, 0.29) is 6.03 Å². The number of methoxy groups -OCH3 is 2. The number of carbonyl (C=O) groups excluding carboxylic acids is 1. The van der Waals surface area contributed by atoms with Crippen LogP contribution in [0.5, 0.6) is 11.5 Å². The van der Waals surface area contributed by atoms with Crippen LogP contribution < -0.4 is 14.4 Å². The molecule has 0 spiro atoms. The first-order valence-corrected chi connectivity index (χ1v) is 12.0. The average Bonchev–Trinajstić information content (AvgIpc) is 3.38. The summed E-state index contributed by atoms with van der Waals surface area (Å²) >= 11 is 0. The van der Waals surface area contributed by atoms with Crippen LogP contribution >= 0.6 is 0 Å². The summed E-state index contributed by atoms with van der Waals surface area (Å²) in [5.74, 6) is 1.50. The van der Waals surface area contributed by atoms with E-state index in [4.69, 9.17) is 19.4 Å². The molecule has 0 N–H and O–H groups in total. The van der Waals surface area contributed by atoms with Gasteiger partial charge in [0.1, 0.15) is 0 Å². The second kappa shape index (κ2) is 10.3. The summed E-state index contributed by atoms with van der Waals surface area (Å²) in [4.78, 5) is 25.8. The monoisotopic (exact) mass is 466 g/mol. The number of hydrogen-bond acceptors (Lipinski definition) is 6. The molecule has 1 saturated carbocycles. The molecule has 3 aromatic rings. The zero-order valence-electron chi connectivity index (χ0n) is 20.7. The van der Waals surface area contributed by atoms with Crippen molar-refractivity contribution in [1.82, 2.24) is 24.6 Å². The van der Waals surface area contributed by atoms with Gasteiger partial charge in [0.15, 0.2) is 11.5 Å². The van der Waals surface area contributed by atoms with Gasteiger partial charge >= 0.3 is 6.03 Å². The maximum absolute atomic E-state index is 13.0. The van der Waals surface area contributed by atoms with Gasteiger partial charge in [-0.25, -0.2) is 14.8 Å². The fraction of sp³-hybridized carbons (Fsp3) is 0.520. The normalized spacial score (nSPS) is 14.3. The topological polar surface area (TPSA) is 85.6 Å². The number of ether oxygens (including phenoxy) is 2. The molecular weight excluding hydrogens is 432 g/mol. The minimum atomic E-state index is -0.145. The number of benzene rings is 1. The number of fused-ring (bicyclic) bond motifs is 1. The molecule has 1 fully saturated rings. The fourth-order valence-corrected chi connectivity index (χ4v) is 4.61. The van der Waals surface area contributed by atoms with E-state index in [1.54, 1.807) is 26.2 Å². The van der Waals surface area contributed by atoms with Crippen molar-refractivity contribution in [3.63, 3.8) is 0 Å². The van der Waals surface area contributed by atoms with Crippen LogP contribution in [0.15, 0.2) is 24.5 Å². The Morgan fingerprint density at radius 1 is 1.06 bits per heavy atom. The van der Waals surface area contributed by atoms with Gasteiger partial charge < -0.3 is 14.4 Å². The van der Waals surface area contributed by atoms with Gasteiger partial charge in [-0.2, -0.15) is 5.10 Å². The molecule has 9 heteroatoms. The smallest absolute Gasteiger partial charge is 0.326 e. The second-order valence-electron chi connectivity index (χ2n) is 8.61.